The molecule has 0 aliphatic rings. The molecule has 1 N–H and O–H groups in total. The second kappa shape index (κ2) is 8.32. The molecule has 9 heteroatoms. The smallest absolute Gasteiger partial charge is 0.337 e. The Morgan fingerprint density at radius 1 is 1.11 bits per heavy atom. The largest absolute Gasteiger partial charge is 0.416 e. The van der Waals surface area contributed by atoms with Gasteiger partial charge in [-0.15, -0.1) is 0 Å². The maximum Gasteiger partial charge on any atom is 0.416 e. The number of nitrogens with zero attached hydrogens (tertiary/aromatic N) is 1. The van der Waals surface area contributed by atoms with E-state index in [0.29, 0.717) is 5.56 Å². The minimum atomic E-state index is -4.42. The highest BCUT2D eigenvalue weighted by Crippen LogP contribution is 2.29. The summed E-state index contributed by atoms with van der Waals surface area (Å²) in [7, 11) is -2.25. The van der Waals surface area contributed by atoms with Crippen molar-refractivity contribution in [1.29, 1.82) is 0 Å². The van der Waals surface area contributed by atoms with Gasteiger partial charge in [-0.25, -0.2) is 13.1 Å². The quantitative estimate of drug-likeness (QED) is 0.785. The molecular formula is C19H21F3N2O3S. The van der Waals surface area contributed by atoms with Crippen LogP contribution in [-0.2, 0) is 22.7 Å². The summed E-state index contributed by atoms with van der Waals surface area (Å²) >= 11 is 0. The van der Waals surface area contributed by atoms with Crippen LogP contribution in [0, 0.1) is 0 Å². The first-order chi connectivity index (χ1) is 12.9. The molecule has 28 heavy (non-hydrogen) atoms. The summed E-state index contributed by atoms with van der Waals surface area (Å²) in [6.45, 7) is 3.45. The van der Waals surface area contributed by atoms with Crippen LogP contribution in [0.2, 0.25) is 0 Å². The second-order valence-corrected chi connectivity index (χ2v) is 8.37. The fourth-order valence-electron chi connectivity index (χ4n) is 2.54. The normalized spacial score (nSPS) is 12.2. The number of carbonyl (C=O) groups is 1. The Balaban J connectivity index is 2.16. The van der Waals surface area contributed by atoms with Crippen LogP contribution >= 0.6 is 0 Å². The monoisotopic (exact) mass is 414 g/mol. The lowest BCUT2D eigenvalue weighted by atomic mass is 10.1. The van der Waals surface area contributed by atoms with Crippen molar-refractivity contribution in [2.75, 3.05) is 7.05 Å². The van der Waals surface area contributed by atoms with Crippen molar-refractivity contribution in [2.45, 2.75) is 37.5 Å². The predicted octanol–water partition coefficient (Wildman–Crippen LogP) is 3.66. The summed E-state index contributed by atoms with van der Waals surface area (Å²) in [5.74, 6) is -0.443. The molecule has 0 spiro atoms. The van der Waals surface area contributed by atoms with Crippen LogP contribution in [-0.4, -0.2) is 32.3 Å². The number of hydrogen-bond donors (Lipinski definition) is 1. The lowest BCUT2D eigenvalue weighted by molar-refractivity contribution is -0.137. The SMILES string of the molecule is CC(C)NS(=O)(=O)c1cccc(C(=O)N(C)Cc2ccc(C(F)(F)F)cc2)c1. The second-order valence-electron chi connectivity index (χ2n) is 6.66. The Bertz CT molecular complexity index is 940. The summed E-state index contributed by atoms with van der Waals surface area (Å²) in [6.07, 6.45) is -4.42. The Morgan fingerprint density at radius 3 is 2.25 bits per heavy atom. The first kappa shape index (κ1) is 21.9. The Kier molecular flexibility index (Phi) is 6.51. The molecule has 0 heterocycles. The third kappa shape index (κ3) is 5.56. The maximum absolute atomic E-state index is 12.6. The van der Waals surface area contributed by atoms with Crippen molar-refractivity contribution in [1.82, 2.24) is 9.62 Å². The zero-order valence-electron chi connectivity index (χ0n) is 15.6. The summed E-state index contributed by atoms with van der Waals surface area (Å²) < 4.78 is 64.8. The Morgan fingerprint density at radius 2 is 1.71 bits per heavy atom. The molecule has 0 atom stereocenters. The van der Waals surface area contributed by atoms with Crippen molar-refractivity contribution < 1.29 is 26.4 Å². The van der Waals surface area contributed by atoms with Gasteiger partial charge in [0.2, 0.25) is 10.0 Å². The van der Waals surface area contributed by atoms with Gasteiger partial charge in [0.05, 0.1) is 10.5 Å². The molecule has 0 radical (unpaired) electrons. The summed E-state index contributed by atoms with van der Waals surface area (Å²) in [5.41, 5.74) is -0.0732. The minimum Gasteiger partial charge on any atom is -0.337 e. The zero-order valence-corrected chi connectivity index (χ0v) is 16.4. The van der Waals surface area contributed by atoms with Crippen LogP contribution < -0.4 is 4.72 Å². The first-order valence-corrected chi connectivity index (χ1v) is 9.92. The predicted molar refractivity (Wildman–Crippen MR) is 99.1 cm³/mol. The van der Waals surface area contributed by atoms with E-state index < -0.39 is 27.7 Å². The number of alkyl halides is 3. The number of nitrogens with one attached hydrogen (secondary N) is 1. The van der Waals surface area contributed by atoms with Crippen molar-refractivity contribution >= 4 is 15.9 Å². The molecule has 0 aliphatic carbocycles. The number of hydrogen-bond acceptors (Lipinski definition) is 3. The van der Waals surface area contributed by atoms with E-state index in [9.17, 15) is 26.4 Å². The van der Waals surface area contributed by atoms with E-state index in [1.54, 1.807) is 13.8 Å². The van der Waals surface area contributed by atoms with Crippen LogP contribution in [0.3, 0.4) is 0 Å². The van der Waals surface area contributed by atoms with Crippen molar-refractivity contribution in [3.05, 3.63) is 65.2 Å². The highest BCUT2D eigenvalue weighted by Gasteiger charge is 2.30. The molecule has 2 aromatic carbocycles. The summed E-state index contributed by atoms with van der Waals surface area (Å²) in [4.78, 5) is 13.9. The molecule has 0 bridgehead atoms. The third-order valence-electron chi connectivity index (χ3n) is 3.83. The number of rotatable bonds is 6. The van der Waals surface area contributed by atoms with E-state index in [-0.39, 0.29) is 23.0 Å². The fraction of sp³-hybridized carbons (Fsp3) is 0.316. The molecule has 2 aromatic rings. The average Bonchev–Trinajstić information content (AvgIpc) is 2.60. The van der Waals surface area contributed by atoms with E-state index in [0.717, 1.165) is 12.1 Å². The average molecular weight is 414 g/mol. The van der Waals surface area contributed by atoms with Crippen LogP contribution in [0.5, 0.6) is 0 Å². The highest BCUT2D eigenvalue weighted by molar-refractivity contribution is 7.89. The molecule has 0 aliphatic heterocycles. The lowest BCUT2D eigenvalue weighted by Crippen LogP contribution is -2.31. The van der Waals surface area contributed by atoms with Gasteiger partial charge in [0, 0.05) is 25.2 Å². The van der Waals surface area contributed by atoms with Gasteiger partial charge in [-0.05, 0) is 49.7 Å². The highest BCUT2D eigenvalue weighted by atomic mass is 32.2. The molecule has 0 fully saturated rings. The molecular weight excluding hydrogens is 393 g/mol. The van der Waals surface area contributed by atoms with E-state index in [1.807, 2.05) is 0 Å². The molecule has 5 nitrogen and oxygen atoms in total. The Labute approximate surface area is 162 Å². The van der Waals surface area contributed by atoms with E-state index in [2.05, 4.69) is 4.72 Å². The van der Waals surface area contributed by atoms with Crippen LogP contribution in [0.4, 0.5) is 13.2 Å². The van der Waals surface area contributed by atoms with Gasteiger partial charge in [0.1, 0.15) is 0 Å². The van der Waals surface area contributed by atoms with Crippen molar-refractivity contribution in [2.24, 2.45) is 0 Å². The van der Waals surface area contributed by atoms with Crippen LogP contribution in [0.1, 0.15) is 35.3 Å². The van der Waals surface area contributed by atoms with Gasteiger partial charge in [-0.3, -0.25) is 4.79 Å². The molecule has 152 valence electrons. The van der Waals surface area contributed by atoms with E-state index >= 15 is 0 Å². The number of halogens is 3. The van der Waals surface area contributed by atoms with Crippen molar-refractivity contribution in [3.8, 4) is 0 Å². The molecule has 2 rings (SSSR count). The van der Waals surface area contributed by atoms with Crippen LogP contribution in [0.25, 0.3) is 0 Å². The van der Waals surface area contributed by atoms with Gasteiger partial charge in [0.25, 0.3) is 5.91 Å². The first-order valence-electron chi connectivity index (χ1n) is 8.44. The van der Waals surface area contributed by atoms with E-state index in [4.69, 9.17) is 0 Å². The fourth-order valence-corrected chi connectivity index (χ4v) is 3.84. The molecule has 0 saturated heterocycles. The third-order valence-corrected chi connectivity index (χ3v) is 5.49. The standard InChI is InChI=1S/C19H21F3N2O3S/c1-13(2)23-28(26,27)17-6-4-5-15(11-17)18(25)24(3)12-14-7-9-16(10-8-14)19(20,21)22/h4-11,13,23H,12H2,1-3H3. The van der Waals surface area contributed by atoms with Crippen molar-refractivity contribution in [3.63, 3.8) is 0 Å². The molecule has 0 unspecified atom stereocenters. The summed E-state index contributed by atoms with van der Waals surface area (Å²) in [6, 6.07) is 9.84. The number of carbonyl (C=O) groups excluding carboxylic acids is 1. The molecule has 0 aromatic heterocycles. The number of sulfonamides is 1. The molecule has 1 amide bonds. The van der Waals surface area contributed by atoms with Gasteiger partial charge in [-0.2, -0.15) is 13.2 Å². The van der Waals surface area contributed by atoms with Gasteiger partial charge >= 0.3 is 6.18 Å². The number of amides is 1. The molecule has 0 saturated carbocycles. The zero-order chi connectivity index (χ0) is 21.1. The lowest BCUT2D eigenvalue weighted by Gasteiger charge is -2.18. The summed E-state index contributed by atoms with van der Waals surface area (Å²) in [5, 5.41) is 0. The minimum absolute atomic E-state index is 0.0324. The van der Waals surface area contributed by atoms with Crippen LogP contribution in [0.15, 0.2) is 53.4 Å². The van der Waals surface area contributed by atoms with Gasteiger partial charge in [-0.1, -0.05) is 18.2 Å². The van der Waals surface area contributed by atoms with Gasteiger partial charge < -0.3 is 4.90 Å². The van der Waals surface area contributed by atoms with E-state index in [1.165, 1.54) is 48.3 Å². The Hall–Kier alpha value is -2.39. The topological polar surface area (TPSA) is 66.5 Å². The van der Waals surface area contributed by atoms with Gasteiger partial charge in [0.15, 0.2) is 0 Å². The number of benzene rings is 2. The maximum atomic E-state index is 12.6.